The predicted octanol–water partition coefficient (Wildman–Crippen LogP) is 1.92. The van der Waals surface area contributed by atoms with E-state index in [2.05, 4.69) is 36.4 Å². The van der Waals surface area contributed by atoms with Crippen LogP contribution < -0.4 is 5.32 Å². The van der Waals surface area contributed by atoms with Gasteiger partial charge in [0.1, 0.15) is 5.82 Å². The highest BCUT2D eigenvalue weighted by molar-refractivity contribution is 9.10. The van der Waals surface area contributed by atoms with Gasteiger partial charge in [0.05, 0.1) is 0 Å². The minimum Gasteiger partial charge on any atom is -0.315 e. The Morgan fingerprint density at radius 2 is 2.06 bits per heavy atom. The molecule has 0 spiro atoms. The van der Waals surface area contributed by atoms with E-state index in [0.717, 1.165) is 34.8 Å². The first-order valence-electron chi connectivity index (χ1n) is 5.22. The van der Waals surface area contributed by atoms with Crippen LogP contribution in [0.5, 0.6) is 0 Å². The van der Waals surface area contributed by atoms with Crippen LogP contribution in [-0.4, -0.2) is 28.3 Å². The molecule has 2 heterocycles. The summed E-state index contributed by atoms with van der Waals surface area (Å²) in [6, 6.07) is 7.98. The van der Waals surface area contributed by atoms with Crippen LogP contribution in [-0.2, 0) is 0 Å². The third kappa shape index (κ3) is 1.66. The summed E-state index contributed by atoms with van der Waals surface area (Å²) >= 11 is 3.50. The number of H-pyrrole nitrogens is 1. The van der Waals surface area contributed by atoms with Crippen molar-refractivity contribution < 1.29 is 0 Å². The molecule has 1 aromatic carbocycles. The van der Waals surface area contributed by atoms with E-state index in [1.807, 2.05) is 24.3 Å². The predicted molar refractivity (Wildman–Crippen MR) is 65.1 cm³/mol. The second kappa shape index (κ2) is 3.99. The standard InChI is InChI=1S/C11H11BrN4/c12-9-4-2-1-3-8(9)11-14-10(15-16-11)7-5-13-6-7/h1-4,7,13H,5-6H2,(H,14,15,16). The van der Waals surface area contributed by atoms with Crippen molar-refractivity contribution in [2.24, 2.45) is 0 Å². The molecular weight excluding hydrogens is 268 g/mol. The number of rotatable bonds is 2. The van der Waals surface area contributed by atoms with Gasteiger partial charge in [-0.2, -0.15) is 5.10 Å². The van der Waals surface area contributed by atoms with Crippen LogP contribution in [0.4, 0.5) is 0 Å². The number of halogens is 1. The van der Waals surface area contributed by atoms with Gasteiger partial charge in [-0.15, -0.1) is 0 Å². The first-order valence-corrected chi connectivity index (χ1v) is 6.02. The summed E-state index contributed by atoms with van der Waals surface area (Å²) in [5.74, 6) is 2.22. The second-order valence-electron chi connectivity index (χ2n) is 3.88. The van der Waals surface area contributed by atoms with Crippen molar-refractivity contribution >= 4 is 15.9 Å². The molecule has 1 aliphatic heterocycles. The molecular formula is C11H11BrN4. The normalized spacial score (nSPS) is 16.1. The maximum absolute atomic E-state index is 4.53. The number of nitrogens with zero attached hydrogens (tertiary/aromatic N) is 2. The van der Waals surface area contributed by atoms with E-state index in [1.54, 1.807) is 0 Å². The largest absolute Gasteiger partial charge is 0.315 e. The van der Waals surface area contributed by atoms with Gasteiger partial charge in [-0.25, -0.2) is 4.98 Å². The molecule has 0 saturated carbocycles. The fourth-order valence-corrected chi connectivity index (χ4v) is 2.16. The molecule has 0 unspecified atom stereocenters. The van der Waals surface area contributed by atoms with Gasteiger partial charge in [0.25, 0.3) is 0 Å². The fraction of sp³-hybridized carbons (Fsp3) is 0.273. The molecule has 82 valence electrons. The lowest BCUT2D eigenvalue weighted by Gasteiger charge is -2.24. The Labute approximate surface area is 102 Å². The average molecular weight is 279 g/mol. The number of hydrogen-bond donors (Lipinski definition) is 2. The molecule has 16 heavy (non-hydrogen) atoms. The van der Waals surface area contributed by atoms with Crippen molar-refractivity contribution in [3.05, 3.63) is 34.6 Å². The summed E-state index contributed by atoms with van der Waals surface area (Å²) in [4.78, 5) is 4.53. The van der Waals surface area contributed by atoms with E-state index < -0.39 is 0 Å². The van der Waals surface area contributed by atoms with Crippen LogP contribution in [0.2, 0.25) is 0 Å². The first kappa shape index (κ1) is 9.99. The Morgan fingerprint density at radius 3 is 2.75 bits per heavy atom. The van der Waals surface area contributed by atoms with Crippen molar-refractivity contribution in [3.63, 3.8) is 0 Å². The third-order valence-corrected chi connectivity index (χ3v) is 3.48. The van der Waals surface area contributed by atoms with Gasteiger partial charge in [0, 0.05) is 29.0 Å². The van der Waals surface area contributed by atoms with Crippen molar-refractivity contribution in [1.82, 2.24) is 20.5 Å². The molecule has 1 aliphatic rings. The zero-order valence-corrected chi connectivity index (χ0v) is 10.2. The van der Waals surface area contributed by atoms with Gasteiger partial charge in [-0.1, -0.05) is 28.1 Å². The van der Waals surface area contributed by atoms with E-state index >= 15 is 0 Å². The summed E-state index contributed by atoms with van der Waals surface area (Å²) in [6.07, 6.45) is 0. The monoisotopic (exact) mass is 278 g/mol. The van der Waals surface area contributed by atoms with Crippen molar-refractivity contribution in [2.75, 3.05) is 13.1 Å². The van der Waals surface area contributed by atoms with E-state index in [1.165, 1.54) is 0 Å². The number of aromatic amines is 1. The van der Waals surface area contributed by atoms with Crippen LogP contribution in [0, 0.1) is 0 Å². The van der Waals surface area contributed by atoms with Crippen molar-refractivity contribution in [1.29, 1.82) is 0 Å². The lowest BCUT2D eigenvalue weighted by Crippen LogP contribution is -2.40. The van der Waals surface area contributed by atoms with Crippen LogP contribution in [0.15, 0.2) is 28.7 Å². The lowest BCUT2D eigenvalue weighted by molar-refractivity contribution is 0.431. The summed E-state index contributed by atoms with van der Waals surface area (Å²) in [6.45, 7) is 1.98. The molecule has 1 aromatic heterocycles. The SMILES string of the molecule is Brc1ccccc1-c1n[nH]c(C2CNC2)n1. The lowest BCUT2D eigenvalue weighted by atomic mass is 10.0. The Hall–Kier alpha value is -1.20. The number of benzene rings is 1. The van der Waals surface area contributed by atoms with Crippen LogP contribution in [0.3, 0.4) is 0 Å². The molecule has 2 N–H and O–H groups in total. The Kier molecular flexibility index (Phi) is 2.49. The summed E-state index contributed by atoms with van der Waals surface area (Å²) < 4.78 is 1.02. The highest BCUT2D eigenvalue weighted by Gasteiger charge is 2.22. The van der Waals surface area contributed by atoms with E-state index in [0.29, 0.717) is 5.92 Å². The van der Waals surface area contributed by atoms with Gasteiger partial charge in [-0.05, 0) is 12.1 Å². The topological polar surface area (TPSA) is 53.6 Å². The minimum absolute atomic E-state index is 0.490. The van der Waals surface area contributed by atoms with Crippen LogP contribution >= 0.6 is 15.9 Å². The first-order chi connectivity index (χ1) is 7.84. The maximum Gasteiger partial charge on any atom is 0.182 e. The molecule has 3 rings (SSSR count). The van der Waals surface area contributed by atoms with E-state index in [9.17, 15) is 0 Å². The molecule has 1 saturated heterocycles. The quantitative estimate of drug-likeness (QED) is 0.883. The highest BCUT2D eigenvalue weighted by atomic mass is 79.9. The Balaban J connectivity index is 1.95. The summed E-state index contributed by atoms with van der Waals surface area (Å²) in [5, 5.41) is 10.5. The maximum atomic E-state index is 4.53. The molecule has 0 amide bonds. The zero-order chi connectivity index (χ0) is 11.0. The molecule has 2 aromatic rings. The van der Waals surface area contributed by atoms with E-state index in [4.69, 9.17) is 0 Å². The average Bonchev–Trinajstić information content (AvgIpc) is 2.65. The number of aromatic nitrogens is 3. The molecule has 0 radical (unpaired) electrons. The van der Waals surface area contributed by atoms with Gasteiger partial charge in [0.15, 0.2) is 5.82 Å². The highest BCUT2D eigenvalue weighted by Crippen LogP contribution is 2.26. The van der Waals surface area contributed by atoms with E-state index in [-0.39, 0.29) is 0 Å². The molecule has 0 bridgehead atoms. The third-order valence-electron chi connectivity index (χ3n) is 2.79. The van der Waals surface area contributed by atoms with Gasteiger partial charge >= 0.3 is 0 Å². The summed E-state index contributed by atoms with van der Waals surface area (Å²) in [7, 11) is 0. The van der Waals surface area contributed by atoms with Crippen LogP contribution in [0.25, 0.3) is 11.4 Å². The number of hydrogen-bond acceptors (Lipinski definition) is 3. The Bertz CT molecular complexity index is 504. The molecule has 0 aliphatic carbocycles. The molecule has 1 fully saturated rings. The fourth-order valence-electron chi connectivity index (χ4n) is 1.70. The molecule has 5 heteroatoms. The molecule has 0 atom stereocenters. The Morgan fingerprint density at radius 1 is 1.25 bits per heavy atom. The second-order valence-corrected chi connectivity index (χ2v) is 4.73. The zero-order valence-electron chi connectivity index (χ0n) is 8.57. The smallest absolute Gasteiger partial charge is 0.182 e. The number of nitrogens with one attached hydrogen (secondary N) is 2. The van der Waals surface area contributed by atoms with Crippen molar-refractivity contribution in [2.45, 2.75) is 5.92 Å². The van der Waals surface area contributed by atoms with Gasteiger partial charge in [-0.3, -0.25) is 5.10 Å². The van der Waals surface area contributed by atoms with Crippen molar-refractivity contribution in [3.8, 4) is 11.4 Å². The van der Waals surface area contributed by atoms with Crippen LogP contribution in [0.1, 0.15) is 11.7 Å². The van der Waals surface area contributed by atoms with Gasteiger partial charge < -0.3 is 5.32 Å². The van der Waals surface area contributed by atoms with Gasteiger partial charge in [0.2, 0.25) is 0 Å². The summed E-state index contributed by atoms with van der Waals surface area (Å²) in [5.41, 5.74) is 1.03. The molecule has 4 nitrogen and oxygen atoms in total. The minimum atomic E-state index is 0.490.